The van der Waals surface area contributed by atoms with Crippen molar-refractivity contribution in [3.8, 4) is 0 Å². The first kappa shape index (κ1) is 14.9. The summed E-state index contributed by atoms with van der Waals surface area (Å²) in [5.41, 5.74) is 1.95. The van der Waals surface area contributed by atoms with E-state index in [1.165, 1.54) is 10.4 Å². The van der Waals surface area contributed by atoms with Gasteiger partial charge in [0.15, 0.2) is 0 Å². The predicted molar refractivity (Wildman–Crippen MR) is 93.1 cm³/mol. The highest BCUT2D eigenvalue weighted by atomic mass is 32.1. The smallest absolute Gasteiger partial charge is 0.238 e. The van der Waals surface area contributed by atoms with E-state index >= 15 is 0 Å². The van der Waals surface area contributed by atoms with Gasteiger partial charge in [-0.15, -0.1) is 11.3 Å². The van der Waals surface area contributed by atoms with Crippen LogP contribution in [0.15, 0.2) is 41.8 Å². The number of nitrogens with zero attached hydrogens (tertiary/aromatic N) is 1. The number of anilines is 1. The molecule has 0 aliphatic carbocycles. The van der Waals surface area contributed by atoms with Gasteiger partial charge in [0.2, 0.25) is 5.91 Å². The highest BCUT2D eigenvalue weighted by molar-refractivity contribution is 7.10. The lowest BCUT2D eigenvalue weighted by atomic mass is 9.77. The van der Waals surface area contributed by atoms with Crippen LogP contribution in [-0.2, 0) is 21.4 Å². The molecule has 0 bridgehead atoms. The van der Waals surface area contributed by atoms with Crippen LogP contribution in [0.2, 0.25) is 0 Å². The molecule has 120 valence electrons. The van der Waals surface area contributed by atoms with E-state index in [9.17, 15) is 4.79 Å². The van der Waals surface area contributed by atoms with Crippen molar-refractivity contribution in [2.45, 2.75) is 37.6 Å². The molecule has 23 heavy (non-hydrogen) atoms. The summed E-state index contributed by atoms with van der Waals surface area (Å²) in [5.74, 6) is 0.251. The fourth-order valence-corrected chi connectivity index (χ4v) is 4.92. The lowest BCUT2D eigenvalue weighted by Gasteiger charge is -2.39. The molecular formula is C19H21NO2S. The maximum atomic E-state index is 13.7. The van der Waals surface area contributed by atoms with Crippen molar-refractivity contribution in [1.29, 1.82) is 0 Å². The number of hydrogen-bond donors (Lipinski definition) is 0. The first-order chi connectivity index (χ1) is 11.2. The number of thiophene rings is 1. The predicted octanol–water partition coefficient (Wildman–Crippen LogP) is 3.77. The van der Waals surface area contributed by atoms with Crippen LogP contribution < -0.4 is 4.90 Å². The zero-order valence-electron chi connectivity index (χ0n) is 13.3. The van der Waals surface area contributed by atoms with Crippen molar-refractivity contribution in [2.24, 2.45) is 0 Å². The molecule has 4 heteroatoms. The first-order valence-corrected chi connectivity index (χ1v) is 9.14. The molecule has 2 aromatic rings. The maximum Gasteiger partial charge on any atom is 0.238 e. The number of amides is 1. The van der Waals surface area contributed by atoms with E-state index < -0.39 is 5.41 Å². The SMILES string of the molecule is C[C@@H]1Cc2ccccc2N1C(=O)C1(c2cccs2)CCOCC1. The number of carbonyl (C=O) groups excluding carboxylic acids is 1. The Morgan fingerprint density at radius 1 is 1.22 bits per heavy atom. The Hall–Kier alpha value is -1.65. The van der Waals surface area contributed by atoms with Crippen LogP contribution in [0.25, 0.3) is 0 Å². The molecule has 1 fully saturated rings. The van der Waals surface area contributed by atoms with Crippen molar-refractivity contribution >= 4 is 22.9 Å². The van der Waals surface area contributed by atoms with Gasteiger partial charge in [-0.1, -0.05) is 24.3 Å². The van der Waals surface area contributed by atoms with Gasteiger partial charge in [0.05, 0.1) is 5.41 Å². The first-order valence-electron chi connectivity index (χ1n) is 8.26. The normalized spacial score (nSPS) is 22.8. The molecule has 0 unspecified atom stereocenters. The average molecular weight is 327 g/mol. The van der Waals surface area contributed by atoms with Crippen molar-refractivity contribution in [1.82, 2.24) is 0 Å². The van der Waals surface area contributed by atoms with Gasteiger partial charge < -0.3 is 9.64 Å². The number of hydrogen-bond acceptors (Lipinski definition) is 3. The van der Waals surface area contributed by atoms with E-state index in [0.29, 0.717) is 13.2 Å². The summed E-state index contributed by atoms with van der Waals surface area (Å²) in [7, 11) is 0. The fourth-order valence-electron chi connectivity index (χ4n) is 3.94. The Kier molecular flexibility index (Phi) is 3.74. The van der Waals surface area contributed by atoms with Crippen LogP contribution in [0.3, 0.4) is 0 Å². The summed E-state index contributed by atoms with van der Waals surface area (Å²) in [6.45, 7) is 3.47. The third-order valence-corrected chi connectivity index (χ3v) is 6.25. The number of rotatable bonds is 2. The molecule has 3 heterocycles. The van der Waals surface area contributed by atoms with Gasteiger partial charge in [-0.3, -0.25) is 4.79 Å². The summed E-state index contributed by atoms with van der Waals surface area (Å²) in [6, 6.07) is 12.7. The van der Waals surface area contributed by atoms with Crippen LogP contribution >= 0.6 is 11.3 Å². The van der Waals surface area contributed by atoms with E-state index in [4.69, 9.17) is 4.74 Å². The molecule has 2 aliphatic rings. The molecule has 4 rings (SSSR count). The molecule has 1 atom stereocenters. The van der Waals surface area contributed by atoms with Gasteiger partial charge in [-0.05, 0) is 49.3 Å². The zero-order valence-corrected chi connectivity index (χ0v) is 14.1. The van der Waals surface area contributed by atoms with E-state index in [2.05, 4.69) is 36.6 Å². The second kappa shape index (κ2) is 5.77. The van der Waals surface area contributed by atoms with Crippen molar-refractivity contribution in [3.05, 3.63) is 52.2 Å². The van der Waals surface area contributed by atoms with Crippen LogP contribution in [0, 0.1) is 0 Å². The minimum atomic E-state index is -0.419. The van der Waals surface area contributed by atoms with Crippen molar-refractivity contribution < 1.29 is 9.53 Å². The van der Waals surface area contributed by atoms with Crippen molar-refractivity contribution in [2.75, 3.05) is 18.1 Å². The molecule has 0 saturated carbocycles. The Morgan fingerprint density at radius 3 is 2.74 bits per heavy atom. The fraction of sp³-hybridized carbons (Fsp3) is 0.421. The van der Waals surface area contributed by atoms with Gasteiger partial charge in [-0.2, -0.15) is 0 Å². The molecule has 1 aromatic heterocycles. The molecule has 3 nitrogen and oxygen atoms in total. The number of fused-ring (bicyclic) bond motifs is 1. The summed E-state index contributed by atoms with van der Waals surface area (Å²) in [5, 5.41) is 2.07. The van der Waals surface area contributed by atoms with E-state index in [-0.39, 0.29) is 11.9 Å². The third kappa shape index (κ3) is 2.32. The Bertz CT molecular complexity index is 704. The minimum Gasteiger partial charge on any atom is -0.381 e. The monoisotopic (exact) mass is 327 g/mol. The molecule has 1 aromatic carbocycles. The summed E-state index contributed by atoms with van der Waals surface area (Å²) >= 11 is 1.69. The zero-order chi connectivity index (χ0) is 15.9. The average Bonchev–Trinajstić information content (AvgIpc) is 3.22. The van der Waals surface area contributed by atoms with Crippen LogP contribution in [0.5, 0.6) is 0 Å². The standard InChI is InChI=1S/C19H21NO2S/c1-14-13-15-5-2-3-6-16(15)20(14)18(21)19(8-10-22-11-9-19)17-7-4-12-23-17/h2-7,12,14H,8-11,13H2,1H3/t14-/m1/s1. The molecule has 1 amide bonds. The molecule has 0 spiro atoms. The number of para-hydroxylation sites is 1. The Labute approximate surface area is 140 Å². The quantitative estimate of drug-likeness (QED) is 0.840. The maximum absolute atomic E-state index is 13.7. The summed E-state index contributed by atoms with van der Waals surface area (Å²) in [4.78, 5) is 16.9. The second-order valence-electron chi connectivity index (χ2n) is 6.53. The molecule has 1 saturated heterocycles. The largest absolute Gasteiger partial charge is 0.381 e. The summed E-state index contributed by atoms with van der Waals surface area (Å²) in [6.07, 6.45) is 2.49. The van der Waals surface area contributed by atoms with Gasteiger partial charge in [-0.25, -0.2) is 0 Å². The molecule has 0 N–H and O–H groups in total. The van der Waals surface area contributed by atoms with Crippen LogP contribution in [-0.4, -0.2) is 25.2 Å². The van der Waals surface area contributed by atoms with E-state index in [1.807, 2.05) is 17.0 Å². The minimum absolute atomic E-state index is 0.222. The van der Waals surface area contributed by atoms with E-state index in [1.54, 1.807) is 11.3 Å². The number of ether oxygens (including phenoxy) is 1. The van der Waals surface area contributed by atoms with Gasteiger partial charge in [0.1, 0.15) is 0 Å². The van der Waals surface area contributed by atoms with Crippen LogP contribution in [0.4, 0.5) is 5.69 Å². The van der Waals surface area contributed by atoms with Gasteiger partial charge >= 0.3 is 0 Å². The lowest BCUT2D eigenvalue weighted by molar-refractivity contribution is -0.127. The summed E-state index contributed by atoms with van der Waals surface area (Å²) < 4.78 is 5.57. The third-order valence-electron chi connectivity index (χ3n) is 5.17. The van der Waals surface area contributed by atoms with Crippen LogP contribution in [0.1, 0.15) is 30.2 Å². The van der Waals surface area contributed by atoms with Crippen molar-refractivity contribution in [3.63, 3.8) is 0 Å². The lowest BCUT2D eigenvalue weighted by Crippen LogP contribution is -2.51. The van der Waals surface area contributed by atoms with Gasteiger partial charge in [0, 0.05) is 29.8 Å². The van der Waals surface area contributed by atoms with E-state index in [0.717, 1.165) is 24.9 Å². The number of benzene rings is 1. The molecular weight excluding hydrogens is 306 g/mol. The Morgan fingerprint density at radius 2 is 2.00 bits per heavy atom. The number of carbonyl (C=O) groups is 1. The highest BCUT2D eigenvalue weighted by Gasteiger charge is 2.47. The highest BCUT2D eigenvalue weighted by Crippen LogP contribution is 2.43. The topological polar surface area (TPSA) is 29.5 Å². The van der Waals surface area contributed by atoms with Gasteiger partial charge in [0.25, 0.3) is 0 Å². The molecule has 2 aliphatic heterocycles. The second-order valence-corrected chi connectivity index (χ2v) is 7.48. The Balaban J connectivity index is 1.77. The molecule has 0 radical (unpaired) electrons.